The van der Waals surface area contributed by atoms with Crippen LogP contribution in [0, 0.1) is 11.6 Å². The van der Waals surface area contributed by atoms with E-state index in [1.165, 1.54) is 18.3 Å². The minimum atomic E-state index is -0.932. The van der Waals surface area contributed by atoms with Crippen LogP contribution in [0.25, 0.3) is 32.9 Å². The molecule has 3 aliphatic rings. The molecule has 3 fully saturated rings. The molecule has 234 valence electrons. The molecule has 12 heteroatoms. The number of alkyl halides is 1. The number of anilines is 1. The molecular formula is C33H32ClF3N6O2. The summed E-state index contributed by atoms with van der Waals surface area (Å²) in [6.07, 6.45) is 4.61. The lowest BCUT2D eigenvalue weighted by Gasteiger charge is -2.31. The van der Waals surface area contributed by atoms with Gasteiger partial charge >= 0.3 is 6.01 Å². The van der Waals surface area contributed by atoms with Crippen LogP contribution in [0.2, 0.25) is 5.02 Å². The Labute approximate surface area is 263 Å². The highest BCUT2D eigenvalue weighted by molar-refractivity contribution is 6.31. The van der Waals surface area contributed by atoms with Crippen LogP contribution in [0.3, 0.4) is 0 Å². The second-order valence-corrected chi connectivity index (χ2v) is 12.6. The maximum Gasteiger partial charge on any atom is 0.319 e. The molecule has 8 nitrogen and oxygen atoms in total. The smallest absolute Gasteiger partial charge is 0.319 e. The Morgan fingerprint density at radius 3 is 2.91 bits per heavy atom. The van der Waals surface area contributed by atoms with E-state index in [1.54, 1.807) is 29.2 Å². The zero-order valence-corrected chi connectivity index (χ0v) is 25.5. The van der Waals surface area contributed by atoms with E-state index in [9.17, 15) is 9.18 Å². The Morgan fingerprint density at radius 2 is 2.09 bits per heavy atom. The van der Waals surface area contributed by atoms with Gasteiger partial charge in [-0.3, -0.25) is 14.7 Å². The third-order valence-electron chi connectivity index (χ3n) is 9.55. The molecule has 0 saturated carbocycles. The summed E-state index contributed by atoms with van der Waals surface area (Å²) in [6, 6.07) is 7.63. The molecule has 7 rings (SSSR count). The number of pyridine rings is 1. The highest BCUT2D eigenvalue weighted by Gasteiger charge is 2.49. The minimum Gasteiger partial charge on any atom is -0.461 e. The standard InChI is InChI=1S/C33H32ClF3N6O2/c1-3-26(44)42-11-8-22(17-42)41(2)31-24-15-38-29(23-7-4-6-19-12-20(34)13-25(36)27(19)23)28(37)30(24)39-32(40-31)45-18-33-9-5-10-43(33)16-21(35)14-33/h3-4,6-7,12-13,15,21-22H,1,5,8-11,14,16-18H2,2H3/t21-,22-,33+/m1/s1. The van der Waals surface area contributed by atoms with Gasteiger partial charge in [-0.2, -0.15) is 9.97 Å². The van der Waals surface area contributed by atoms with Gasteiger partial charge in [-0.1, -0.05) is 36.4 Å². The number of likely N-dealkylation sites (tertiary alicyclic amines) is 1. The summed E-state index contributed by atoms with van der Waals surface area (Å²) < 4.78 is 52.4. The number of likely N-dealkylation sites (N-methyl/N-ethyl adjacent to an activating group) is 1. The molecule has 5 heterocycles. The van der Waals surface area contributed by atoms with Gasteiger partial charge in [0.05, 0.1) is 10.9 Å². The first-order chi connectivity index (χ1) is 21.7. The van der Waals surface area contributed by atoms with Gasteiger partial charge in [-0.25, -0.2) is 13.2 Å². The van der Waals surface area contributed by atoms with Crippen LogP contribution in [0.5, 0.6) is 6.01 Å². The van der Waals surface area contributed by atoms with Crippen molar-refractivity contribution < 1.29 is 22.7 Å². The Hall–Kier alpha value is -3.96. The Balaban J connectivity index is 1.33. The molecule has 0 radical (unpaired) electrons. The highest BCUT2D eigenvalue weighted by Crippen LogP contribution is 2.41. The summed E-state index contributed by atoms with van der Waals surface area (Å²) in [5, 5.41) is 1.27. The fourth-order valence-electron chi connectivity index (χ4n) is 7.29. The van der Waals surface area contributed by atoms with Crippen molar-refractivity contribution in [1.29, 1.82) is 0 Å². The largest absolute Gasteiger partial charge is 0.461 e. The summed E-state index contributed by atoms with van der Waals surface area (Å²) in [6.45, 7) is 5.91. The molecule has 0 unspecified atom stereocenters. The average molecular weight is 637 g/mol. The Bertz CT molecular complexity index is 1840. The first kappa shape index (κ1) is 29.7. The van der Waals surface area contributed by atoms with Crippen molar-refractivity contribution in [2.24, 2.45) is 0 Å². The first-order valence-corrected chi connectivity index (χ1v) is 15.5. The second kappa shape index (κ2) is 11.4. The number of halogens is 4. The van der Waals surface area contributed by atoms with E-state index in [2.05, 4.69) is 21.4 Å². The average Bonchev–Trinajstić information content (AvgIpc) is 3.74. The molecule has 45 heavy (non-hydrogen) atoms. The second-order valence-electron chi connectivity index (χ2n) is 12.2. The van der Waals surface area contributed by atoms with Gasteiger partial charge in [0.25, 0.3) is 0 Å². The van der Waals surface area contributed by atoms with Gasteiger partial charge in [0.1, 0.15) is 35.6 Å². The zero-order chi connectivity index (χ0) is 31.5. The van der Waals surface area contributed by atoms with E-state index in [1.807, 2.05) is 11.9 Å². The molecule has 1 amide bonds. The number of aromatic nitrogens is 3. The molecule has 3 aliphatic heterocycles. The van der Waals surface area contributed by atoms with Gasteiger partial charge in [-0.15, -0.1) is 0 Å². The molecule has 0 spiro atoms. The van der Waals surface area contributed by atoms with Crippen LogP contribution < -0.4 is 9.64 Å². The number of amides is 1. The van der Waals surface area contributed by atoms with E-state index in [-0.39, 0.29) is 51.7 Å². The number of nitrogens with zero attached hydrogens (tertiary/aromatic N) is 6. The lowest BCUT2D eigenvalue weighted by Crippen LogP contribution is -2.43. The fraction of sp³-hybridized carbons (Fsp3) is 0.394. The summed E-state index contributed by atoms with van der Waals surface area (Å²) in [5.41, 5.74) is -0.310. The number of fused-ring (bicyclic) bond motifs is 3. The number of carbonyl (C=O) groups excluding carboxylic acids is 1. The van der Waals surface area contributed by atoms with Gasteiger partial charge in [0, 0.05) is 61.3 Å². The molecule has 3 atom stereocenters. The molecular weight excluding hydrogens is 605 g/mol. The quantitative estimate of drug-likeness (QED) is 0.232. The summed E-state index contributed by atoms with van der Waals surface area (Å²) >= 11 is 6.09. The van der Waals surface area contributed by atoms with E-state index >= 15 is 8.78 Å². The Morgan fingerprint density at radius 1 is 1.24 bits per heavy atom. The SMILES string of the molecule is C=CC(=O)N1CC[C@@H](N(C)c2nc(OC[C@@]34CCCN3C[C@H](F)C4)nc3c(F)c(-c4cccc5cc(Cl)cc(F)c45)ncc23)C1. The maximum absolute atomic E-state index is 16.6. The van der Waals surface area contributed by atoms with Crippen molar-refractivity contribution in [2.75, 3.05) is 44.7 Å². The molecule has 2 aromatic carbocycles. The molecule has 0 aliphatic carbocycles. The lowest BCUT2D eigenvalue weighted by molar-refractivity contribution is -0.125. The van der Waals surface area contributed by atoms with Crippen LogP contribution in [0.1, 0.15) is 25.7 Å². The minimum absolute atomic E-state index is 0.0363. The van der Waals surface area contributed by atoms with Crippen molar-refractivity contribution >= 4 is 45.0 Å². The van der Waals surface area contributed by atoms with Crippen LogP contribution in [0.15, 0.2) is 49.2 Å². The highest BCUT2D eigenvalue weighted by atomic mass is 35.5. The van der Waals surface area contributed by atoms with E-state index in [0.717, 1.165) is 19.4 Å². The van der Waals surface area contributed by atoms with Gasteiger partial charge < -0.3 is 14.5 Å². The molecule has 3 saturated heterocycles. The third kappa shape index (κ3) is 5.15. The number of ether oxygens (including phenoxy) is 1. The van der Waals surface area contributed by atoms with E-state index in [4.69, 9.17) is 21.3 Å². The first-order valence-electron chi connectivity index (χ1n) is 15.1. The van der Waals surface area contributed by atoms with Crippen molar-refractivity contribution in [3.8, 4) is 17.3 Å². The predicted molar refractivity (Wildman–Crippen MR) is 167 cm³/mol. The monoisotopic (exact) mass is 636 g/mol. The number of hydrogen-bond donors (Lipinski definition) is 0. The van der Waals surface area contributed by atoms with Gasteiger partial charge in [0.2, 0.25) is 5.91 Å². The topological polar surface area (TPSA) is 74.7 Å². The number of hydrogen-bond acceptors (Lipinski definition) is 7. The van der Waals surface area contributed by atoms with Crippen LogP contribution in [0.4, 0.5) is 19.0 Å². The van der Waals surface area contributed by atoms with Gasteiger partial charge in [-0.05, 0) is 49.4 Å². The maximum atomic E-state index is 16.6. The molecule has 0 bridgehead atoms. The van der Waals surface area contributed by atoms with E-state index in [0.29, 0.717) is 49.1 Å². The molecule has 4 aromatic rings. The summed E-state index contributed by atoms with van der Waals surface area (Å²) in [5.74, 6) is -1.12. The van der Waals surface area contributed by atoms with Crippen LogP contribution in [-0.2, 0) is 4.79 Å². The van der Waals surface area contributed by atoms with Crippen LogP contribution in [-0.4, -0.2) is 88.2 Å². The third-order valence-corrected chi connectivity index (χ3v) is 9.77. The predicted octanol–water partition coefficient (Wildman–Crippen LogP) is 5.95. The van der Waals surface area contributed by atoms with Crippen molar-refractivity contribution in [1.82, 2.24) is 24.8 Å². The Kier molecular flexibility index (Phi) is 7.56. The normalized spacial score (nSPS) is 23.2. The number of carbonyl (C=O) groups is 1. The fourth-order valence-corrected chi connectivity index (χ4v) is 7.50. The van der Waals surface area contributed by atoms with Crippen LogP contribution >= 0.6 is 11.6 Å². The zero-order valence-electron chi connectivity index (χ0n) is 24.8. The summed E-state index contributed by atoms with van der Waals surface area (Å²) in [4.78, 5) is 31.7. The molecule has 2 aromatic heterocycles. The lowest BCUT2D eigenvalue weighted by atomic mass is 9.95. The van der Waals surface area contributed by atoms with Gasteiger partial charge in [0.15, 0.2) is 5.82 Å². The van der Waals surface area contributed by atoms with E-state index < -0.39 is 23.3 Å². The van der Waals surface area contributed by atoms with Crippen molar-refractivity contribution in [3.05, 3.63) is 65.8 Å². The number of rotatable bonds is 7. The van der Waals surface area contributed by atoms with Crippen molar-refractivity contribution in [3.63, 3.8) is 0 Å². The number of benzene rings is 2. The van der Waals surface area contributed by atoms with Crippen molar-refractivity contribution in [2.45, 2.75) is 43.4 Å². The summed E-state index contributed by atoms with van der Waals surface area (Å²) in [7, 11) is 1.83. The molecule has 0 N–H and O–H groups in total.